The van der Waals surface area contributed by atoms with Gasteiger partial charge in [0.05, 0.1) is 6.04 Å². The molecule has 0 bridgehead atoms. The number of hydrogen-bond donors (Lipinski definition) is 1. The SMILES string of the molecule is Cc1cc(C)c2[nH]c3c(c2c1)CCN1C(=O)c2ccccc2[C@@H]31. The fourth-order valence-corrected chi connectivity index (χ4v) is 4.37. The van der Waals surface area contributed by atoms with Gasteiger partial charge in [-0.3, -0.25) is 4.79 Å². The summed E-state index contributed by atoms with van der Waals surface area (Å²) in [5.74, 6) is 0.169. The number of aryl methyl sites for hydroxylation is 2. The van der Waals surface area contributed by atoms with Crippen LogP contribution in [0, 0.1) is 13.8 Å². The van der Waals surface area contributed by atoms with E-state index in [-0.39, 0.29) is 11.9 Å². The highest BCUT2D eigenvalue weighted by atomic mass is 16.2. The molecule has 1 N–H and O–H groups in total. The fraction of sp³-hybridized carbons (Fsp3) is 0.250. The number of fused-ring (bicyclic) bond motifs is 7. The molecule has 3 aromatic rings. The molecule has 1 atom stereocenters. The second-order valence-corrected chi connectivity index (χ2v) is 6.76. The van der Waals surface area contributed by atoms with Gasteiger partial charge in [-0.05, 0) is 49.1 Å². The first kappa shape index (κ1) is 12.9. The quantitative estimate of drug-likeness (QED) is 0.672. The standard InChI is InChI=1S/C20H18N2O/c1-11-9-12(2)17-16(10-11)13-7-8-22-19(18(13)21-17)14-5-3-4-6-15(14)20(22)23/h3-6,9-10,19,21H,7-8H2,1-2H3/t19-/m0/s1. The number of carbonyl (C=O) groups is 1. The first-order valence-corrected chi connectivity index (χ1v) is 8.17. The zero-order chi connectivity index (χ0) is 15.7. The summed E-state index contributed by atoms with van der Waals surface area (Å²) in [6, 6.07) is 12.6. The van der Waals surface area contributed by atoms with Crippen molar-refractivity contribution in [2.24, 2.45) is 0 Å². The molecule has 3 nitrogen and oxygen atoms in total. The highest BCUT2D eigenvalue weighted by Gasteiger charge is 2.42. The number of rotatable bonds is 0. The number of carbonyl (C=O) groups excluding carboxylic acids is 1. The van der Waals surface area contributed by atoms with Crippen LogP contribution in [-0.2, 0) is 6.42 Å². The maximum Gasteiger partial charge on any atom is 0.255 e. The fourth-order valence-electron chi connectivity index (χ4n) is 4.37. The first-order chi connectivity index (χ1) is 11.1. The van der Waals surface area contributed by atoms with Crippen molar-refractivity contribution in [1.82, 2.24) is 9.88 Å². The van der Waals surface area contributed by atoms with Crippen molar-refractivity contribution >= 4 is 16.8 Å². The van der Waals surface area contributed by atoms with Crippen LogP contribution in [0.4, 0.5) is 0 Å². The van der Waals surface area contributed by atoms with Crippen LogP contribution in [0.25, 0.3) is 10.9 Å². The smallest absolute Gasteiger partial charge is 0.255 e. The molecule has 1 aromatic heterocycles. The van der Waals surface area contributed by atoms with Gasteiger partial charge in [-0.2, -0.15) is 0 Å². The number of benzene rings is 2. The second kappa shape index (κ2) is 4.25. The minimum atomic E-state index is 0.0505. The van der Waals surface area contributed by atoms with E-state index in [2.05, 4.69) is 37.0 Å². The molecule has 0 fully saturated rings. The lowest BCUT2D eigenvalue weighted by molar-refractivity contribution is 0.0738. The Bertz CT molecular complexity index is 983. The van der Waals surface area contributed by atoms with E-state index in [9.17, 15) is 4.79 Å². The molecule has 114 valence electrons. The third-order valence-corrected chi connectivity index (χ3v) is 5.32. The van der Waals surface area contributed by atoms with Crippen LogP contribution in [0.15, 0.2) is 36.4 Å². The number of amides is 1. The topological polar surface area (TPSA) is 36.1 Å². The molecule has 0 saturated heterocycles. The van der Waals surface area contributed by atoms with Crippen molar-refractivity contribution in [3.8, 4) is 0 Å². The Morgan fingerprint density at radius 2 is 2.00 bits per heavy atom. The minimum absolute atomic E-state index is 0.0505. The molecule has 0 spiro atoms. The Balaban J connectivity index is 1.82. The number of nitrogens with one attached hydrogen (secondary N) is 1. The van der Waals surface area contributed by atoms with Gasteiger partial charge in [0.25, 0.3) is 5.91 Å². The van der Waals surface area contributed by atoms with Crippen LogP contribution in [0.1, 0.15) is 44.3 Å². The Hall–Kier alpha value is -2.55. The molecule has 2 aliphatic heterocycles. The van der Waals surface area contributed by atoms with Crippen LogP contribution in [0.5, 0.6) is 0 Å². The monoisotopic (exact) mass is 302 g/mol. The maximum atomic E-state index is 12.7. The van der Waals surface area contributed by atoms with E-state index in [4.69, 9.17) is 0 Å². The molecule has 3 heterocycles. The van der Waals surface area contributed by atoms with Crippen molar-refractivity contribution in [2.75, 3.05) is 6.54 Å². The summed E-state index contributed by atoms with van der Waals surface area (Å²) < 4.78 is 0. The lowest BCUT2D eigenvalue weighted by Crippen LogP contribution is -2.34. The predicted molar refractivity (Wildman–Crippen MR) is 90.8 cm³/mol. The summed E-state index contributed by atoms with van der Waals surface area (Å²) in [5.41, 5.74) is 8.38. The van der Waals surface area contributed by atoms with Gasteiger partial charge in [0.15, 0.2) is 0 Å². The summed E-state index contributed by atoms with van der Waals surface area (Å²) in [4.78, 5) is 18.4. The van der Waals surface area contributed by atoms with Crippen molar-refractivity contribution in [1.29, 1.82) is 0 Å². The van der Waals surface area contributed by atoms with Gasteiger partial charge in [-0.25, -0.2) is 0 Å². The third kappa shape index (κ3) is 1.57. The molecule has 2 aliphatic rings. The largest absolute Gasteiger partial charge is 0.356 e. The molecule has 5 rings (SSSR count). The molecule has 0 aliphatic carbocycles. The molecule has 2 aromatic carbocycles. The lowest BCUT2D eigenvalue weighted by atomic mass is 9.94. The number of nitrogens with zero attached hydrogens (tertiary/aromatic N) is 1. The minimum Gasteiger partial charge on any atom is -0.356 e. The number of H-pyrrole nitrogens is 1. The molecule has 23 heavy (non-hydrogen) atoms. The van der Waals surface area contributed by atoms with Crippen LogP contribution < -0.4 is 0 Å². The van der Waals surface area contributed by atoms with E-state index in [1.54, 1.807) is 0 Å². The zero-order valence-electron chi connectivity index (χ0n) is 13.3. The van der Waals surface area contributed by atoms with E-state index >= 15 is 0 Å². The van der Waals surface area contributed by atoms with E-state index in [1.807, 2.05) is 23.1 Å². The molecule has 0 saturated carbocycles. The van der Waals surface area contributed by atoms with Gasteiger partial charge < -0.3 is 9.88 Å². The number of aromatic amines is 1. The highest BCUT2D eigenvalue weighted by Crippen LogP contribution is 2.44. The van der Waals surface area contributed by atoms with Crippen molar-refractivity contribution in [2.45, 2.75) is 26.3 Å². The second-order valence-electron chi connectivity index (χ2n) is 6.76. The normalized spacial score (nSPS) is 19.0. The molecular formula is C20H18N2O. The van der Waals surface area contributed by atoms with Crippen molar-refractivity contribution in [3.05, 3.63) is 69.9 Å². The van der Waals surface area contributed by atoms with Crippen molar-refractivity contribution < 1.29 is 4.79 Å². The number of aromatic nitrogens is 1. The van der Waals surface area contributed by atoms with Gasteiger partial charge in [0.1, 0.15) is 0 Å². The molecule has 1 amide bonds. The lowest BCUT2D eigenvalue weighted by Gasteiger charge is -2.30. The average Bonchev–Trinajstić information content (AvgIpc) is 3.05. The molecular weight excluding hydrogens is 284 g/mol. The summed E-state index contributed by atoms with van der Waals surface area (Å²) in [6.45, 7) is 5.10. The van der Waals surface area contributed by atoms with Crippen LogP contribution in [0.2, 0.25) is 0 Å². The van der Waals surface area contributed by atoms with Gasteiger partial charge in [-0.1, -0.05) is 29.8 Å². The molecule has 0 radical (unpaired) electrons. The van der Waals surface area contributed by atoms with Gasteiger partial charge >= 0.3 is 0 Å². The van der Waals surface area contributed by atoms with E-state index in [0.717, 1.165) is 24.1 Å². The van der Waals surface area contributed by atoms with Gasteiger partial charge in [0, 0.05) is 28.7 Å². The van der Waals surface area contributed by atoms with Gasteiger partial charge in [0.2, 0.25) is 0 Å². The van der Waals surface area contributed by atoms with E-state index in [1.165, 1.54) is 33.3 Å². The predicted octanol–water partition coefficient (Wildman–Crippen LogP) is 3.89. The molecule has 3 heteroatoms. The Labute approximate surface area is 134 Å². The summed E-state index contributed by atoms with van der Waals surface area (Å²) in [5, 5.41) is 1.33. The highest BCUT2D eigenvalue weighted by molar-refractivity contribution is 6.00. The van der Waals surface area contributed by atoms with Crippen molar-refractivity contribution in [3.63, 3.8) is 0 Å². The molecule has 0 unspecified atom stereocenters. The Kier molecular flexibility index (Phi) is 2.39. The maximum absolute atomic E-state index is 12.7. The summed E-state index contributed by atoms with van der Waals surface area (Å²) >= 11 is 0. The summed E-state index contributed by atoms with van der Waals surface area (Å²) in [6.07, 6.45) is 0.925. The zero-order valence-corrected chi connectivity index (χ0v) is 13.3. The first-order valence-electron chi connectivity index (χ1n) is 8.17. The van der Waals surface area contributed by atoms with Crippen LogP contribution in [-0.4, -0.2) is 22.3 Å². The van der Waals surface area contributed by atoms with Crippen LogP contribution >= 0.6 is 0 Å². The Morgan fingerprint density at radius 1 is 1.17 bits per heavy atom. The van der Waals surface area contributed by atoms with Gasteiger partial charge in [-0.15, -0.1) is 0 Å². The average molecular weight is 302 g/mol. The Morgan fingerprint density at radius 3 is 2.87 bits per heavy atom. The van der Waals surface area contributed by atoms with Crippen LogP contribution in [0.3, 0.4) is 0 Å². The third-order valence-electron chi connectivity index (χ3n) is 5.32. The van der Waals surface area contributed by atoms with E-state index < -0.39 is 0 Å². The summed E-state index contributed by atoms with van der Waals surface area (Å²) in [7, 11) is 0. The number of hydrogen-bond acceptors (Lipinski definition) is 1. The van der Waals surface area contributed by atoms with E-state index in [0.29, 0.717) is 0 Å².